The molecule has 3 N–H and O–H groups in total. The predicted octanol–water partition coefficient (Wildman–Crippen LogP) is 1.91. The monoisotopic (exact) mass is 318 g/mol. The number of benzene rings is 1. The van der Waals surface area contributed by atoms with E-state index in [0.29, 0.717) is 18.5 Å². The molecule has 1 amide bonds. The Morgan fingerprint density at radius 1 is 1.30 bits per heavy atom. The van der Waals surface area contributed by atoms with Crippen molar-refractivity contribution >= 4 is 11.6 Å². The molecule has 0 saturated carbocycles. The topological polar surface area (TPSA) is 56.4 Å². The van der Waals surface area contributed by atoms with Gasteiger partial charge >= 0.3 is 0 Å². The Balaban J connectivity index is 1.62. The van der Waals surface area contributed by atoms with E-state index in [2.05, 4.69) is 54.1 Å². The number of amides is 1. The van der Waals surface area contributed by atoms with Crippen LogP contribution in [-0.2, 0) is 4.79 Å². The van der Waals surface area contributed by atoms with E-state index in [1.165, 1.54) is 5.69 Å². The minimum atomic E-state index is -0.106. The van der Waals surface area contributed by atoms with Gasteiger partial charge < -0.3 is 10.2 Å². The Labute approximate surface area is 139 Å². The zero-order chi connectivity index (χ0) is 16.7. The van der Waals surface area contributed by atoms with Gasteiger partial charge in [0.2, 0.25) is 5.91 Å². The van der Waals surface area contributed by atoms with E-state index < -0.39 is 0 Å². The molecule has 23 heavy (non-hydrogen) atoms. The van der Waals surface area contributed by atoms with Crippen molar-refractivity contribution in [1.82, 2.24) is 16.2 Å². The van der Waals surface area contributed by atoms with Crippen LogP contribution in [-0.4, -0.2) is 38.1 Å². The number of rotatable bonds is 8. The Morgan fingerprint density at radius 2 is 2.04 bits per heavy atom. The number of hydrogen-bond donors (Lipinski definition) is 3. The molecule has 0 aliphatic carbocycles. The molecule has 2 atom stereocenters. The van der Waals surface area contributed by atoms with Gasteiger partial charge in [0.05, 0.1) is 0 Å². The number of hydrazine groups is 1. The minimum Gasteiger partial charge on any atom is -0.375 e. The second-order valence-electron chi connectivity index (χ2n) is 6.81. The summed E-state index contributed by atoms with van der Waals surface area (Å²) in [4.78, 5) is 14.4. The van der Waals surface area contributed by atoms with Crippen LogP contribution in [0.1, 0.15) is 33.1 Å². The van der Waals surface area contributed by atoms with Crippen LogP contribution in [0.15, 0.2) is 30.3 Å². The summed E-state index contributed by atoms with van der Waals surface area (Å²) in [5, 5.41) is 3.04. The number of anilines is 1. The highest BCUT2D eigenvalue weighted by Crippen LogP contribution is 2.14. The van der Waals surface area contributed by atoms with Crippen molar-refractivity contribution < 1.29 is 4.79 Å². The van der Waals surface area contributed by atoms with Crippen LogP contribution in [0.2, 0.25) is 0 Å². The van der Waals surface area contributed by atoms with Crippen molar-refractivity contribution in [2.24, 2.45) is 5.92 Å². The number of carbonyl (C=O) groups is 1. The van der Waals surface area contributed by atoms with E-state index in [1.807, 2.05) is 18.2 Å². The molecular weight excluding hydrogens is 288 g/mol. The first kappa shape index (κ1) is 17.8. The second-order valence-corrected chi connectivity index (χ2v) is 6.81. The normalized spacial score (nSPS) is 20.7. The average molecular weight is 318 g/mol. The first-order valence-electron chi connectivity index (χ1n) is 8.61. The Bertz CT molecular complexity index is 477. The molecular formula is C18H30N4O. The number of nitrogens with one attached hydrogen (secondary N) is 3. The first-order chi connectivity index (χ1) is 11.1. The number of hydrogen-bond acceptors (Lipinski definition) is 4. The van der Waals surface area contributed by atoms with Crippen molar-refractivity contribution in [2.75, 3.05) is 25.0 Å². The van der Waals surface area contributed by atoms with E-state index in [4.69, 9.17) is 0 Å². The van der Waals surface area contributed by atoms with Crippen LogP contribution < -0.4 is 21.1 Å². The summed E-state index contributed by atoms with van der Waals surface area (Å²) in [5.41, 5.74) is 7.55. The fourth-order valence-corrected chi connectivity index (χ4v) is 2.98. The molecule has 1 aromatic rings. The lowest BCUT2D eigenvalue weighted by Gasteiger charge is -2.19. The highest BCUT2D eigenvalue weighted by Gasteiger charge is 2.29. The molecule has 5 heteroatoms. The van der Waals surface area contributed by atoms with Crippen molar-refractivity contribution in [2.45, 2.75) is 45.2 Å². The van der Waals surface area contributed by atoms with Crippen LogP contribution in [0.5, 0.6) is 0 Å². The average Bonchev–Trinajstić information content (AvgIpc) is 2.99. The van der Waals surface area contributed by atoms with Crippen molar-refractivity contribution in [1.29, 1.82) is 0 Å². The summed E-state index contributed by atoms with van der Waals surface area (Å²) in [6, 6.07) is 10.6. The molecule has 0 radical (unpaired) electrons. The number of carbonyl (C=O) groups excluding carboxylic acids is 1. The van der Waals surface area contributed by atoms with Crippen LogP contribution in [0, 0.1) is 5.92 Å². The lowest BCUT2D eigenvalue weighted by atomic mass is 10.00. The SMILES string of the molecule is CC(C)CC1CC(C(=O)NCCCN(C)c2ccccc2)NN1. The zero-order valence-corrected chi connectivity index (χ0v) is 14.5. The summed E-state index contributed by atoms with van der Waals surface area (Å²) in [7, 11) is 2.08. The van der Waals surface area contributed by atoms with Gasteiger partial charge in [-0.05, 0) is 37.3 Å². The molecule has 0 spiro atoms. The van der Waals surface area contributed by atoms with Crippen LogP contribution in [0.25, 0.3) is 0 Å². The van der Waals surface area contributed by atoms with E-state index in [0.717, 1.165) is 25.8 Å². The van der Waals surface area contributed by atoms with Gasteiger partial charge in [-0.2, -0.15) is 0 Å². The molecule has 1 aliphatic rings. The lowest BCUT2D eigenvalue weighted by molar-refractivity contribution is -0.122. The summed E-state index contributed by atoms with van der Waals surface area (Å²) < 4.78 is 0. The van der Waals surface area contributed by atoms with E-state index in [-0.39, 0.29) is 11.9 Å². The summed E-state index contributed by atoms with van der Waals surface area (Å²) in [5.74, 6) is 0.746. The number of para-hydroxylation sites is 1. The molecule has 1 saturated heterocycles. The van der Waals surface area contributed by atoms with Crippen LogP contribution >= 0.6 is 0 Å². The molecule has 0 aromatic heterocycles. The molecule has 1 aromatic carbocycles. The van der Waals surface area contributed by atoms with Crippen LogP contribution in [0.3, 0.4) is 0 Å². The highest BCUT2D eigenvalue weighted by molar-refractivity contribution is 5.82. The van der Waals surface area contributed by atoms with Crippen LogP contribution in [0.4, 0.5) is 5.69 Å². The molecule has 128 valence electrons. The maximum absolute atomic E-state index is 12.2. The van der Waals surface area contributed by atoms with Gasteiger partial charge in [-0.25, -0.2) is 5.43 Å². The third kappa shape index (κ3) is 5.84. The standard InChI is InChI=1S/C18H30N4O/c1-14(2)12-15-13-17(21-20-15)18(23)19-10-7-11-22(3)16-8-5-4-6-9-16/h4-6,8-9,14-15,17,20-21H,7,10-13H2,1-3H3,(H,19,23). The van der Waals surface area contributed by atoms with Gasteiger partial charge in [0, 0.05) is 31.9 Å². The maximum atomic E-state index is 12.2. The Hall–Kier alpha value is -1.59. The van der Waals surface area contributed by atoms with E-state index in [1.54, 1.807) is 0 Å². The van der Waals surface area contributed by atoms with Gasteiger partial charge in [-0.3, -0.25) is 10.2 Å². The van der Waals surface area contributed by atoms with Crippen molar-refractivity contribution in [3.8, 4) is 0 Å². The largest absolute Gasteiger partial charge is 0.375 e. The fourth-order valence-electron chi connectivity index (χ4n) is 2.98. The molecule has 2 rings (SSSR count). The fraction of sp³-hybridized carbons (Fsp3) is 0.611. The molecule has 2 unspecified atom stereocenters. The molecule has 1 heterocycles. The molecule has 1 aliphatic heterocycles. The maximum Gasteiger partial charge on any atom is 0.238 e. The van der Waals surface area contributed by atoms with Crippen molar-refractivity contribution in [3.63, 3.8) is 0 Å². The Kier molecular flexibility index (Phi) is 6.86. The van der Waals surface area contributed by atoms with E-state index in [9.17, 15) is 4.79 Å². The molecule has 0 bridgehead atoms. The smallest absolute Gasteiger partial charge is 0.238 e. The second kappa shape index (κ2) is 8.89. The Morgan fingerprint density at radius 3 is 2.74 bits per heavy atom. The minimum absolute atomic E-state index is 0.103. The van der Waals surface area contributed by atoms with E-state index >= 15 is 0 Å². The van der Waals surface area contributed by atoms with Gasteiger partial charge in [0.1, 0.15) is 6.04 Å². The first-order valence-corrected chi connectivity index (χ1v) is 8.61. The summed E-state index contributed by atoms with van der Waals surface area (Å²) in [6.45, 7) is 6.05. The predicted molar refractivity (Wildman–Crippen MR) is 95.3 cm³/mol. The lowest BCUT2D eigenvalue weighted by Crippen LogP contribution is -2.44. The highest BCUT2D eigenvalue weighted by atomic mass is 16.2. The van der Waals surface area contributed by atoms with Gasteiger partial charge in [-0.15, -0.1) is 0 Å². The number of nitrogens with zero attached hydrogens (tertiary/aromatic N) is 1. The summed E-state index contributed by atoms with van der Waals surface area (Å²) in [6.07, 6.45) is 2.90. The molecule has 1 fully saturated rings. The van der Waals surface area contributed by atoms with Gasteiger partial charge in [-0.1, -0.05) is 32.0 Å². The molecule has 5 nitrogen and oxygen atoms in total. The van der Waals surface area contributed by atoms with Gasteiger partial charge in [0.25, 0.3) is 0 Å². The van der Waals surface area contributed by atoms with Crippen molar-refractivity contribution in [3.05, 3.63) is 30.3 Å². The quantitative estimate of drug-likeness (QED) is 0.641. The zero-order valence-electron chi connectivity index (χ0n) is 14.5. The summed E-state index contributed by atoms with van der Waals surface area (Å²) >= 11 is 0. The van der Waals surface area contributed by atoms with Gasteiger partial charge in [0.15, 0.2) is 0 Å². The third-order valence-electron chi connectivity index (χ3n) is 4.22. The third-order valence-corrected chi connectivity index (χ3v) is 4.22.